The molecule has 1 unspecified atom stereocenters. The summed E-state index contributed by atoms with van der Waals surface area (Å²) >= 11 is 0. The number of halogens is 3. The number of hydrogen-bond donors (Lipinski definition) is 1. The van der Waals surface area contributed by atoms with Crippen molar-refractivity contribution in [3.05, 3.63) is 23.4 Å². The van der Waals surface area contributed by atoms with Crippen LogP contribution in [0.3, 0.4) is 0 Å². The molecule has 0 aromatic carbocycles. The van der Waals surface area contributed by atoms with E-state index >= 15 is 0 Å². The number of aromatic nitrogens is 1. The Kier molecular flexibility index (Phi) is 4.30. The van der Waals surface area contributed by atoms with E-state index in [2.05, 4.69) is 4.98 Å². The zero-order valence-corrected chi connectivity index (χ0v) is 12.2. The zero-order valence-electron chi connectivity index (χ0n) is 11.3. The average molecular weight is 334 g/mol. The van der Waals surface area contributed by atoms with Crippen molar-refractivity contribution < 1.29 is 21.6 Å². The number of anilines is 1. The van der Waals surface area contributed by atoms with Gasteiger partial charge in [-0.05, 0) is 25.0 Å². The summed E-state index contributed by atoms with van der Waals surface area (Å²) in [7, 11) is -3.80. The molecule has 1 aromatic heterocycles. The molecule has 1 aliphatic heterocycles. The monoisotopic (exact) mass is 334 g/mol. The first-order chi connectivity index (χ1) is 10.1. The second kappa shape index (κ2) is 5.73. The number of nitrogens with two attached hydrogens (primary N) is 1. The van der Waals surface area contributed by atoms with Gasteiger partial charge >= 0.3 is 6.18 Å². The molecule has 1 aromatic rings. The summed E-state index contributed by atoms with van der Waals surface area (Å²) in [5, 5.41) is 13.2. The number of alkyl halides is 3. The second-order valence-electron chi connectivity index (χ2n) is 4.98. The van der Waals surface area contributed by atoms with Crippen molar-refractivity contribution in [2.75, 3.05) is 18.0 Å². The number of nitrogens with zero attached hydrogens (tertiary/aromatic N) is 3. The molecule has 0 aliphatic carbocycles. The van der Waals surface area contributed by atoms with Gasteiger partial charge in [0, 0.05) is 13.1 Å². The summed E-state index contributed by atoms with van der Waals surface area (Å²) < 4.78 is 61.1. The molecule has 120 valence electrons. The van der Waals surface area contributed by atoms with Crippen molar-refractivity contribution in [1.29, 1.82) is 5.26 Å². The molecule has 6 nitrogen and oxygen atoms in total. The predicted molar refractivity (Wildman–Crippen MR) is 72.3 cm³/mol. The van der Waals surface area contributed by atoms with Gasteiger partial charge in [-0.2, -0.15) is 18.4 Å². The summed E-state index contributed by atoms with van der Waals surface area (Å²) in [5.74, 6) is -0.161. The van der Waals surface area contributed by atoms with Crippen molar-refractivity contribution in [2.24, 2.45) is 5.14 Å². The second-order valence-corrected chi connectivity index (χ2v) is 6.82. The molecule has 0 bridgehead atoms. The van der Waals surface area contributed by atoms with Crippen LogP contribution >= 0.6 is 0 Å². The minimum absolute atomic E-state index is 0.0388. The first kappa shape index (κ1) is 16.5. The minimum Gasteiger partial charge on any atom is -0.354 e. The Morgan fingerprint density at radius 1 is 1.41 bits per heavy atom. The van der Waals surface area contributed by atoms with Crippen LogP contribution in [0, 0.1) is 11.3 Å². The summed E-state index contributed by atoms with van der Waals surface area (Å²) in [4.78, 5) is 4.87. The van der Waals surface area contributed by atoms with Crippen molar-refractivity contribution in [2.45, 2.75) is 24.3 Å². The van der Waals surface area contributed by atoms with Crippen LogP contribution in [0.5, 0.6) is 0 Å². The highest BCUT2D eigenvalue weighted by molar-refractivity contribution is 7.89. The predicted octanol–water partition coefficient (Wildman–Crippen LogP) is 1.23. The van der Waals surface area contributed by atoms with E-state index in [0.717, 1.165) is 12.1 Å². The average Bonchev–Trinajstić information content (AvgIpc) is 2.45. The molecule has 0 amide bonds. The quantitative estimate of drug-likeness (QED) is 0.877. The molecule has 1 fully saturated rings. The molecule has 2 N–H and O–H groups in total. The maximum Gasteiger partial charge on any atom is 0.433 e. The van der Waals surface area contributed by atoms with E-state index in [1.54, 1.807) is 6.07 Å². The highest BCUT2D eigenvalue weighted by atomic mass is 32.2. The topological polar surface area (TPSA) is 100 Å². The molecular weight excluding hydrogens is 321 g/mol. The SMILES string of the molecule is N#Cc1ccc(C(F)(F)F)nc1N1CCCC(S(N)(=O)=O)C1. The maximum atomic E-state index is 12.8. The zero-order chi connectivity index (χ0) is 16.5. The van der Waals surface area contributed by atoms with Gasteiger partial charge in [-0.1, -0.05) is 0 Å². The van der Waals surface area contributed by atoms with Gasteiger partial charge in [0.15, 0.2) is 0 Å². The number of nitriles is 1. The van der Waals surface area contributed by atoms with E-state index in [0.29, 0.717) is 19.4 Å². The Hall–Kier alpha value is -1.86. The first-order valence-electron chi connectivity index (χ1n) is 6.38. The molecule has 0 spiro atoms. The minimum atomic E-state index is -4.64. The molecule has 22 heavy (non-hydrogen) atoms. The summed E-state index contributed by atoms with van der Waals surface area (Å²) in [6.07, 6.45) is -3.88. The van der Waals surface area contributed by atoms with E-state index in [4.69, 9.17) is 10.4 Å². The third-order valence-corrected chi connectivity index (χ3v) is 4.74. The molecule has 1 atom stereocenters. The molecule has 1 aliphatic rings. The van der Waals surface area contributed by atoms with Crippen LogP contribution in [0.4, 0.5) is 19.0 Å². The Morgan fingerprint density at radius 2 is 2.09 bits per heavy atom. The van der Waals surface area contributed by atoms with Gasteiger partial charge in [-0.15, -0.1) is 0 Å². The lowest BCUT2D eigenvalue weighted by molar-refractivity contribution is -0.141. The first-order valence-corrected chi connectivity index (χ1v) is 7.99. The van der Waals surface area contributed by atoms with Gasteiger partial charge in [0.2, 0.25) is 10.0 Å². The van der Waals surface area contributed by atoms with E-state index in [9.17, 15) is 21.6 Å². The summed E-state index contributed by atoms with van der Waals surface area (Å²) in [5.41, 5.74) is -1.16. The van der Waals surface area contributed by atoms with Crippen LogP contribution < -0.4 is 10.0 Å². The summed E-state index contributed by atoms with van der Waals surface area (Å²) in [6.45, 7) is 0.233. The lowest BCUT2D eigenvalue weighted by atomic mass is 10.1. The fourth-order valence-corrected chi connectivity index (χ4v) is 3.22. The Labute approximate surface area is 125 Å². The molecule has 0 radical (unpaired) electrons. The van der Waals surface area contributed by atoms with Crippen LogP contribution in [0.25, 0.3) is 0 Å². The van der Waals surface area contributed by atoms with Crippen LogP contribution in [0.15, 0.2) is 12.1 Å². The Morgan fingerprint density at radius 3 is 2.64 bits per heavy atom. The van der Waals surface area contributed by atoms with Crippen molar-refractivity contribution in [3.8, 4) is 6.07 Å². The molecular formula is C12H13F3N4O2S. The standard InChI is InChI=1S/C12H13F3N4O2S/c13-12(14,15)10-4-3-8(6-16)11(18-10)19-5-1-2-9(7-19)22(17,20)21/h3-4,9H,1-2,5,7H2,(H2,17,20,21). The Bertz CT molecular complexity index is 712. The normalized spacial score (nSPS) is 19.8. The van der Waals surface area contributed by atoms with E-state index < -0.39 is 27.1 Å². The highest BCUT2D eigenvalue weighted by Gasteiger charge is 2.35. The van der Waals surface area contributed by atoms with E-state index in [1.807, 2.05) is 0 Å². The number of rotatable bonds is 2. The molecule has 2 rings (SSSR count). The fourth-order valence-electron chi connectivity index (χ4n) is 2.33. The lowest BCUT2D eigenvalue weighted by Gasteiger charge is -2.33. The van der Waals surface area contributed by atoms with Gasteiger partial charge in [-0.25, -0.2) is 18.5 Å². The third kappa shape index (κ3) is 3.48. The van der Waals surface area contributed by atoms with Crippen LogP contribution in [-0.2, 0) is 16.2 Å². The number of primary sulfonamides is 1. The number of sulfonamides is 1. The van der Waals surface area contributed by atoms with E-state index in [1.165, 1.54) is 4.90 Å². The van der Waals surface area contributed by atoms with Crippen molar-refractivity contribution >= 4 is 15.8 Å². The van der Waals surface area contributed by atoms with Gasteiger partial charge in [0.05, 0.1) is 10.8 Å². The van der Waals surface area contributed by atoms with Crippen molar-refractivity contribution in [1.82, 2.24) is 4.98 Å². The maximum absolute atomic E-state index is 12.8. The van der Waals surface area contributed by atoms with Crippen LogP contribution in [-0.4, -0.2) is 31.7 Å². The molecule has 10 heteroatoms. The molecule has 2 heterocycles. The molecule has 0 saturated carbocycles. The van der Waals surface area contributed by atoms with Crippen LogP contribution in [0.1, 0.15) is 24.1 Å². The highest BCUT2D eigenvalue weighted by Crippen LogP contribution is 2.31. The lowest BCUT2D eigenvalue weighted by Crippen LogP contribution is -2.45. The van der Waals surface area contributed by atoms with Crippen LogP contribution in [0.2, 0.25) is 0 Å². The third-order valence-electron chi connectivity index (χ3n) is 3.43. The van der Waals surface area contributed by atoms with Gasteiger partial charge in [0.25, 0.3) is 0 Å². The summed E-state index contributed by atoms with van der Waals surface area (Å²) in [6, 6.07) is 3.53. The smallest absolute Gasteiger partial charge is 0.354 e. The largest absolute Gasteiger partial charge is 0.433 e. The number of piperidine rings is 1. The van der Waals surface area contributed by atoms with E-state index in [-0.39, 0.29) is 17.9 Å². The number of hydrogen-bond acceptors (Lipinski definition) is 5. The molecule has 1 saturated heterocycles. The fraction of sp³-hybridized carbons (Fsp3) is 0.500. The van der Waals surface area contributed by atoms with Gasteiger partial charge < -0.3 is 4.90 Å². The van der Waals surface area contributed by atoms with Crippen molar-refractivity contribution in [3.63, 3.8) is 0 Å². The van der Waals surface area contributed by atoms with Gasteiger partial charge in [0.1, 0.15) is 17.6 Å². The Balaban J connectivity index is 2.40. The number of pyridine rings is 1. The van der Waals surface area contributed by atoms with Gasteiger partial charge in [-0.3, -0.25) is 0 Å².